The molecule has 0 aliphatic heterocycles. The van der Waals surface area contributed by atoms with Crippen molar-refractivity contribution in [2.24, 2.45) is 0 Å². The Balaban J connectivity index is 2.06. The Hall–Kier alpha value is -1.65. The number of nitrogens with zero attached hydrogens (tertiary/aromatic N) is 2. The van der Waals surface area contributed by atoms with E-state index in [0.29, 0.717) is 0 Å². The molecule has 0 aliphatic carbocycles. The second kappa shape index (κ2) is 7.22. The van der Waals surface area contributed by atoms with Crippen molar-refractivity contribution in [1.82, 2.24) is 15.1 Å². The van der Waals surface area contributed by atoms with Gasteiger partial charge in [0.25, 0.3) is 0 Å². The monoisotopic (exact) mass is 273 g/mol. The number of rotatable bonds is 7. The van der Waals surface area contributed by atoms with Crippen LogP contribution in [0.15, 0.2) is 30.3 Å². The van der Waals surface area contributed by atoms with Gasteiger partial charge in [0, 0.05) is 31.5 Å². The number of hydrogen-bond donors (Lipinski definition) is 1. The molecule has 0 aliphatic rings. The molecule has 1 N–H and O–H groups in total. The highest BCUT2D eigenvalue weighted by Gasteiger charge is 2.11. The summed E-state index contributed by atoms with van der Waals surface area (Å²) in [6.45, 7) is 6.81. The molecule has 0 radical (unpaired) electrons. The molecule has 0 saturated heterocycles. The van der Waals surface area contributed by atoms with Gasteiger partial charge in [-0.05, 0) is 38.9 Å². The molecule has 0 saturated carbocycles. The summed E-state index contributed by atoms with van der Waals surface area (Å²) < 4.78 is 7.06. The number of para-hydroxylation sites is 1. The Bertz CT molecular complexity index is 534. The fourth-order valence-electron chi connectivity index (χ4n) is 2.31. The predicted octanol–water partition coefficient (Wildman–Crippen LogP) is 2.62. The molecule has 0 unspecified atom stereocenters. The molecule has 0 spiro atoms. The first-order chi connectivity index (χ1) is 9.74. The van der Waals surface area contributed by atoms with E-state index in [1.807, 2.05) is 22.9 Å². The summed E-state index contributed by atoms with van der Waals surface area (Å²) in [5.41, 5.74) is 4.68. The summed E-state index contributed by atoms with van der Waals surface area (Å²) in [5, 5.41) is 8.10. The maximum atomic E-state index is 5.05. The maximum absolute atomic E-state index is 5.05. The average molecular weight is 273 g/mol. The molecular formula is C16H23N3O. The highest BCUT2D eigenvalue weighted by molar-refractivity contribution is 5.36. The van der Waals surface area contributed by atoms with Crippen LogP contribution in [0.5, 0.6) is 0 Å². The minimum Gasteiger partial charge on any atom is -0.385 e. The number of benzene rings is 1. The Morgan fingerprint density at radius 2 is 1.95 bits per heavy atom. The van der Waals surface area contributed by atoms with Crippen molar-refractivity contribution in [2.45, 2.75) is 26.8 Å². The fourth-order valence-corrected chi connectivity index (χ4v) is 2.31. The second-order valence-corrected chi connectivity index (χ2v) is 4.92. The zero-order valence-corrected chi connectivity index (χ0v) is 12.5. The van der Waals surface area contributed by atoms with Gasteiger partial charge in [-0.2, -0.15) is 5.10 Å². The van der Waals surface area contributed by atoms with Crippen LogP contribution in [0.4, 0.5) is 0 Å². The minimum atomic E-state index is 0.800. The van der Waals surface area contributed by atoms with Gasteiger partial charge in [-0.15, -0.1) is 0 Å². The lowest BCUT2D eigenvalue weighted by molar-refractivity contribution is 0.194. The third-order valence-corrected chi connectivity index (χ3v) is 3.45. The fraction of sp³-hybridized carbons (Fsp3) is 0.438. The van der Waals surface area contributed by atoms with Gasteiger partial charge in [0.15, 0.2) is 0 Å². The number of aromatic nitrogens is 2. The summed E-state index contributed by atoms with van der Waals surface area (Å²) in [6.07, 6.45) is 1.03. The van der Waals surface area contributed by atoms with Gasteiger partial charge in [-0.25, -0.2) is 4.68 Å². The van der Waals surface area contributed by atoms with Gasteiger partial charge in [-0.3, -0.25) is 0 Å². The largest absolute Gasteiger partial charge is 0.385 e. The van der Waals surface area contributed by atoms with E-state index in [4.69, 9.17) is 4.74 Å². The van der Waals surface area contributed by atoms with Crippen molar-refractivity contribution in [3.8, 4) is 5.69 Å². The van der Waals surface area contributed by atoms with E-state index >= 15 is 0 Å². The molecule has 1 heterocycles. The second-order valence-electron chi connectivity index (χ2n) is 4.92. The number of aryl methyl sites for hydroxylation is 1. The first-order valence-electron chi connectivity index (χ1n) is 7.04. The molecule has 0 atom stereocenters. The highest BCUT2D eigenvalue weighted by Crippen LogP contribution is 2.17. The number of methoxy groups -OCH3 is 1. The lowest BCUT2D eigenvalue weighted by atomic mass is 10.2. The Morgan fingerprint density at radius 3 is 2.65 bits per heavy atom. The molecule has 2 rings (SSSR count). The van der Waals surface area contributed by atoms with Crippen LogP contribution >= 0.6 is 0 Å². The number of hydrogen-bond acceptors (Lipinski definition) is 3. The standard InChI is InChI=1S/C16H23N3O/c1-13-16(12-17-10-7-11-20-3)14(2)19(18-13)15-8-5-4-6-9-15/h4-6,8-9,17H,7,10-12H2,1-3H3. The molecule has 1 aromatic heterocycles. The van der Waals surface area contributed by atoms with Crippen LogP contribution in [-0.2, 0) is 11.3 Å². The molecule has 2 aromatic rings. The Morgan fingerprint density at radius 1 is 1.20 bits per heavy atom. The van der Waals surface area contributed by atoms with Gasteiger partial charge in [0.2, 0.25) is 0 Å². The van der Waals surface area contributed by atoms with Crippen LogP contribution < -0.4 is 5.32 Å². The highest BCUT2D eigenvalue weighted by atomic mass is 16.5. The lowest BCUT2D eigenvalue weighted by Gasteiger charge is -2.06. The van der Waals surface area contributed by atoms with Crippen molar-refractivity contribution in [3.05, 3.63) is 47.3 Å². The molecule has 4 heteroatoms. The van der Waals surface area contributed by atoms with Gasteiger partial charge in [0.1, 0.15) is 0 Å². The van der Waals surface area contributed by atoms with E-state index < -0.39 is 0 Å². The topological polar surface area (TPSA) is 39.1 Å². The van der Waals surface area contributed by atoms with E-state index in [1.54, 1.807) is 7.11 Å². The van der Waals surface area contributed by atoms with Crippen molar-refractivity contribution in [2.75, 3.05) is 20.3 Å². The SMILES string of the molecule is COCCCNCc1c(C)nn(-c2ccccc2)c1C. The van der Waals surface area contributed by atoms with E-state index in [1.165, 1.54) is 11.3 Å². The Labute approximate surface area is 120 Å². The summed E-state index contributed by atoms with van der Waals surface area (Å²) in [4.78, 5) is 0. The van der Waals surface area contributed by atoms with Crippen molar-refractivity contribution in [1.29, 1.82) is 0 Å². The number of ether oxygens (including phenoxy) is 1. The third-order valence-electron chi connectivity index (χ3n) is 3.45. The van der Waals surface area contributed by atoms with E-state index in [-0.39, 0.29) is 0 Å². The maximum Gasteiger partial charge on any atom is 0.0648 e. The minimum absolute atomic E-state index is 0.800. The smallest absolute Gasteiger partial charge is 0.0648 e. The molecule has 0 bridgehead atoms. The average Bonchev–Trinajstić information content (AvgIpc) is 2.75. The van der Waals surface area contributed by atoms with Crippen LogP contribution in [-0.4, -0.2) is 30.0 Å². The van der Waals surface area contributed by atoms with Crippen molar-refractivity contribution in [3.63, 3.8) is 0 Å². The molecule has 0 fully saturated rings. The quantitative estimate of drug-likeness (QED) is 0.788. The van der Waals surface area contributed by atoms with Gasteiger partial charge in [0.05, 0.1) is 11.4 Å². The van der Waals surface area contributed by atoms with Gasteiger partial charge < -0.3 is 10.1 Å². The van der Waals surface area contributed by atoms with E-state index in [2.05, 4.69) is 36.4 Å². The normalized spacial score (nSPS) is 10.9. The lowest BCUT2D eigenvalue weighted by Crippen LogP contribution is -2.17. The predicted molar refractivity (Wildman–Crippen MR) is 81.2 cm³/mol. The first-order valence-corrected chi connectivity index (χ1v) is 7.04. The third kappa shape index (κ3) is 3.46. The zero-order chi connectivity index (χ0) is 14.4. The molecule has 1 aromatic carbocycles. The van der Waals surface area contributed by atoms with Crippen LogP contribution in [0.25, 0.3) is 5.69 Å². The first kappa shape index (κ1) is 14.8. The summed E-state index contributed by atoms with van der Waals surface area (Å²) >= 11 is 0. The van der Waals surface area contributed by atoms with Crippen LogP contribution in [0.1, 0.15) is 23.4 Å². The van der Waals surface area contributed by atoms with Crippen LogP contribution in [0.2, 0.25) is 0 Å². The Kier molecular flexibility index (Phi) is 5.32. The molecule has 0 amide bonds. The van der Waals surface area contributed by atoms with E-state index in [9.17, 15) is 0 Å². The van der Waals surface area contributed by atoms with Crippen LogP contribution in [0, 0.1) is 13.8 Å². The van der Waals surface area contributed by atoms with Gasteiger partial charge >= 0.3 is 0 Å². The van der Waals surface area contributed by atoms with Crippen LogP contribution in [0.3, 0.4) is 0 Å². The zero-order valence-electron chi connectivity index (χ0n) is 12.5. The number of nitrogens with one attached hydrogen (secondary N) is 1. The van der Waals surface area contributed by atoms with Crippen molar-refractivity contribution >= 4 is 0 Å². The molecule has 108 valence electrons. The molecule has 4 nitrogen and oxygen atoms in total. The summed E-state index contributed by atoms with van der Waals surface area (Å²) in [5.74, 6) is 0. The van der Waals surface area contributed by atoms with Crippen molar-refractivity contribution < 1.29 is 4.74 Å². The van der Waals surface area contributed by atoms with Gasteiger partial charge in [-0.1, -0.05) is 18.2 Å². The summed E-state index contributed by atoms with van der Waals surface area (Å²) in [6, 6.07) is 10.3. The summed E-state index contributed by atoms with van der Waals surface area (Å²) in [7, 11) is 1.73. The van der Waals surface area contributed by atoms with E-state index in [0.717, 1.165) is 37.5 Å². The molecule has 20 heavy (non-hydrogen) atoms. The molecular weight excluding hydrogens is 250 g/mol.